The van der Waals surface area contributed by atoms with Crippen molar-refractivity contribution in [2.45, 2.75) is 33.2 Å². The van der Waals surface area contributed by atoms with Crippen molar-refractivity contribution in [2.75, 3.05) is 20.2 Å². The Labute approximate surface area is 125 Å². The molecule has 0 bridgehead atoms. The highest BCUT2D eigenvalue weighted by Crippen LogP contribution is 2.20. The van der Waals surface area contributed by atoms with E-state index in [1.54, 1.807) is 7.11 Å². The average molecular weight is 289 g/mol. The Balaban J connectivity index is 2.05. The lowest BCUT2D eigenvalue weighted by atomic mass is 10.2. The van der Waals surface area contributed by atoms with Crippen LogP contribution in [0, 0.1) is 0 Å². The van der Waals surface area contributed by atoms with E-state index in [0.29, 0.717) is 5.89 Å². The lowest BCUT2D eigenvalue weighted by molar-refractivity contribution is 0.255. The van der Waals surface area contributed by atoms with Gasteiger partial charge in [-0.2, -0.15) is 4.98 Å². The van der Waals surface area contributed by atoms with Gasteiger partial charge in [-0.3, -0.25) is 4.90 Å². The molecule has 5 heteroatoms. The average Bonchev–Trinajstić information content (AvgIpc) is 2.96. The molecule has 0 saturated carbocycles. The Bertz CT molecular complexity index is 531. The number of methoxy groups -OCH3 is 1. The summed E-state index contributed by atoms with van der Waals surface area (Å²) < 4.78 is 10.5. The van der Waals surface area contributed by atoms with Gasteiger partial charge in [0.25, 0.3) is 5.89 Å². The summed E-state index contributed by atoms with van der Waals surface area (Å²) in [6, 6.07) is 7.62. The summed E-state index contributed by atoms with van der Waals surface area (Å²) in [7, 11) is 1.65. The van der Waals surface area contributed by atoms with Crippen molar-refractivity contribution in [1.29, 1.82) is 0 Å². The summed E-state index contributed by atoms with van der Waals surface area (Å²) in [5.41, 5.74) is 0.909. The minimum Gasteiger partial charge on any atom is -0.497 e. The molecule has 1 aromatic carbocycles. The molecule has 0 aliphatic carbocycles. The molecule has 1 aromatic heterocycles. The molecule has 0 saturated heterocycles. The maximum Gasteiger partial charge on any atom is 0.257 e. The minimum absolute atomic E-state index is 0.556. The summed E-state index contributed by atoms with van der Waals surface area (Å²) in [6.45, 7) is 7.21. The van der Waals surface area contributed by atoms with Crippen molar-refractivity contribution in [3.63, 3.8) is 0 Å². The molecule has 0 spiro atoms. The third kappa shape index (κ3) is 4.29. The van der Waals surface area contributed by atoms with Crippen LogP contribution in [0.1, 0.15) is 32.5 Å². The topological polar surface area (TPSA) is 51.4 Å². The molecule has 0 unspecified atom stereocenters. The number of nitrogens with zero attached hydrogens (tertiary/aromatic N) is 3. The van der Waals surface area contributed by atoms with Crippen LogP contribution in [0.3, 0.4) is 0 Å². The number of hydrogen-bond acceptors (Lipinski definition) is 5. The van der Waals surface area contributed by atoms with Crippen LogP contribution in [-0.4, -0.2) is 35.2 Å². The zero-order valence-corrected chi connectivity index (χ0v) is 13.0. The summed E-state index contributed by atoms with van der Waals surface area (Å²) in [4.78, 5) is 6.83. The zero-order valence-electron chi connectivity index (χ0n) is 13.0. The molecular formula is C16H23N3O2. The normalized spacial score (nSPS) is 11.0. The summed E-state index contributed by atoms with van der Waals surface area (Å²) in [5, 5.41) is 4.08. The summed E-state index contributed by atoms with van der Waals surface area (Å²) >= 11 is 0. The number of hydrogen-bond donors (Lipinski definition) is 0. The molecule has 5 nitrogen and oxygen atoms in total. The summed E-state index contributed by atoms with van der Waals surface area (Å²) in [6.07, 6.45) is 2.26. The molecule has 0 aliphatic heterocycles. The fourth-order valence-corrected chi connectivity index (χ4v) is 2.27. The predicted octanol–water partition coefficient (Wildman–Crippen LogP) is 3.37. The highest BCUT2D eigenvalue weighted by Gasteiger charge is 2.12. The van der Waals surface area contributed by atoms with Crippen LogP contribution < -0.4 is 4.74 Å². The monoisotopic (exact) mass is 289 g/mol. The lowest BCUT2D eigenvalue weighted by Gasteiger charge is -2.18. The number of rotatable bonds is 8. The first-order valence-corrected chi connectivity index (χ1v) is 7.46. The van der Waals surface area contributed by atoms with Crippen LogP contribution in [0.15, 0.2) is 28.8 Å². The van der Waals surface area contributed by atoms with Crippen molar-refractivity contribution in [1.82, 2.24) is 15.0 Å². The van der Waals surface area contributed by atoms with E-state index >= 15 is 0 Å². The van der Waals surface area contributed by atoms with Crippen molar-refractivity contribution in [2.24, 2.45) is 0 Å². The minimum atomic E-state index is 0.556. The van der Waals surface area contributed by atoms with Crippen molar-refractivity contribution in [3.05, 3.63) is 30.1 Å². The van der Waals surface area contributed by atoms with Gasteiger partial charge >= 0.3 is 0 Å². The Morgan fingerprint density at radius 1 is 1.10 bits per heavy atom. The van der Waals surface area contributed by atoms with E-state index < -0.39 is 0 Å². The third-order valence-corrected chi connectivity index (χ3v) is 3.25. The molecule has 0 fully saturated rings. The first kappa shape index (κ1) is 15.5. The highest BCUT2D eigenvalue weighted by molar-refractivity contribution is 5.54. The van der Waals surface area contributed by atoms with Gasteiger partial charge in [0.05, 0.1) is 13.7 Å². The third-order valence-electron chi connectivity index (χ3n) is 3.25. The van der Waals surface area contributed by atoms with Gasteiger partial charge in [-0.05, 0) is 50.2 Å². The number of benzene rings is 1. The van der Waals surface area contributed by atoms with E-state index in [1.807, 2.05) is 24.3 Å². The molecule has 21 heavy (non-hydrogen) atoms. The van der Waals surface area contributed by atoms with E-state index in [4.69, 9.17) is 9.26 Å². The van der Waals surface area contributed by atoms with E-state index in [2.05, 4.69) is 28.9 Å². The van der Waals surface area contributed by atoms with E-state index in [0.717, 1.165) is 49.6 Å². The van der Waals surface area contributed by atoms with Gasteiger partial charge < -0.3 is 9.26 Å². The van der Waals surface area contributed by atoms with Gasteiger partial charge in [0.1, 0.15) is 5.75 Å². The second-order valence-electron chi connectivity index (χ2n) is 5.02. The fraction of sp³-hybridized carbons (Fsp3) is 0.500. The van der Waals surface area contributed by atoms with Gasteiger partial charge in [0.15, 0.2) is 5.82 Å². The maximum absolute atomic E-state index is 5.35. The van der Waals surface area contributed by atoms with Gasteiger partial charge in [-0.25, -0.2) is 0 Å². The smallest absolute Gasteiger partial charge is 0.257 e. The molecule has 0 atom stereocenters. The Hall–Kier alpha value is -1.88. The molecule has 0 radical (unpaired) electrons. The van der Waals surface area contributed by atoms with Crippen LogP contribution in [0.4, 0.5) is 0 Å². The van der Waals surface area contributed by atoms with Crippen molar-refractivity contribution in [3.8, 4) is 17.2 Å². The molecule has 2 aromatic rings. The number of ether oxygens (including phenoxy) is 1. The SMILES string of the molecule is CCCN(CCC)Cc1noc(-c2ccc(OC)cc2)n1. The fourth-order valence-electron chi connectivity index (χ4n) is 2.27. The second kappa shape index (κ2) is 7.78. The highest BCUT2D eigenvalue weighted by atomic mass is 16.5. The van der Waals surface area contributed by atoms with Gasteiger partial charge in [-0.1, -0.05) is 19.0 Å². The molecule has 1 heterocycles. The lowest BCUT2D eigenvalue weighted by Crippen LogP contribution is -2.25. The standard InChI is InChI=1S/C16H23N3O2/c1-4-10-19(11-5-2)12-15-17-16(21-18-15)13-6-8-14(20-3)9-7-13/h6-9H,4-5,10-12H2,1-3H3. The Morgan fingerprint density at radius 2 is 1.76 bits per heavy atom. The van der Waals surface area contributed by atoms with Gasteiger partial charge in [0, 0.05) is 5.56 Å². The summed E-state index contributed by atoms with van der Waals surface area (Å²) in [5.74, 6) is 2.11. The molecule has 2 rings (SSSR count). The predicted molar refractivity (Wildman–Crippen MR) is 82.1 cm³/mol. The molecule has 0 aliphatic rings. The van der Waals surface area contributed by atoms with Crippen LogP contribution in [0.2, 0.25) is 0 Å². The van der Waals surface area contributed by atoms with E-state index in [-0.39, 0.29) is 0 Å². The Kier molecular flexibility index (Phi) is 5.75. The quantitative estimate of drug-likeness (QED) is 0.745. The molecule has 0 amide bonds. The first-order chi connectivity index (χ1) is 10.3. The molecule has 0 N–H and O–H groups in total. The molecule has 114 valence electrons. The second-order valence-corrected chi connectivity index (χ2v) is 5.02. The van der Waals surface area contributed by atoms with E-state index in [1.165, 1.54) is 0 Å². The van der Waals surface area contributed by atoms with Gasteiger partial charge in [0.2, 0.25) is 0 Å². The van der Waals surface area contributed by atoms with Crippen LogP contribution in [0.5, 0.6) is 5.75 Å². The van der Waals surface area contributed by atoms with Crippen molar-refractivity contribution < 1.29 is 9.26 Å². The van der Waals surface area contributed by atoms with Crippen LogP contribution in [0.25, 0.3) is 11.5 Å². The van der Waals surface area contributed by atoms with Gasteiger partial charge in [-0.15, -0.1) is 0 Å². The Morgan fingerprint density at radius 3 is 2.33 bits per heavy atom. The van der Waals surface area contributed by atoms with Crippen molar-refractivity contribution >= 4 is 0 Å². The van der Waals surface area contributed by atoms with Crippen LogP contribution in [-0.2, 0) is 6.54 Å². The van der Waals surface area contributed by atoms with Crippen LogP contribution >= 0.6 is 0 Å². The zero-order chi connectivity index (χ0) is 15.1. The number of aromatic nitrogens is 2. The first-order valence-electron chi connectivity index (χ1n) is 7.46. The molecular weight excluding hydrogens is 266 g/mol. The maximum atomic E-state index is 5.35. The van der Waals surface area contributed by atoms with E-state index in [9.17, 15) is 0 Å². The largest absolute Gasteiger partial charge is 0.497 e.